The van der Waals surface area contributed by atoms with Crippen LogP contribution >= 0.6 is 11.8 Å². The van der Waals surface area contributed by atoms with Gasteiger partial charge in [0.25, 0.3) is 5.91 Å². The average Bonchev–Trinajstić information content (AvgIpc) is 3.26. The van der Waals surface area contributed by atoms with E-state index in [4.69, 9.17) is 9.26 Å². The molecular weight excluding hydrogens is 326 g/mol. The number of pyridine rings is 1. The Bertz CT molecular complexity index is 740. The maximum Gasteiger partial charge on any atom is 0.263 e. The number of carbonyl (C=O) groups is 1. The van der Waals surface area contributed by atoms with Gasteiger partial charge in [-0.3, -0.25) is 10.1 Å². The Morgan fingerprint density at radius 1 is 1.38 bits per heavy atom. The van der Waals surface area contributed by atoms with E-state index in [1.54, 1.807) is 18.3 Å². The molecule has 4 rings (SSSR count). The van der Waals surface area contributed by atoms with Crippen LogP contribution in [0.4, 0.5) is 5.88 Å². The highest BCUT2D eigenvalue weighted by Crippen LogP contribution is 2.29. The Balaban J connectivity index is 1.53. The first kappa shape index (κ1) is 15.5. The standard InChI is InChI=1S/C17H19N3O3S/c21-15(19-17-12-4-1-2-6-14(12)20-23-17)13-5-3-8-18-16(13)22-11-7-9-24-10-11/h3,5,8,11H,1-2,4,6-7,9-10H2,(H,19,21)/t11-/m0/s1. The Hall–Kier alpha value is -2.02. The van der Waals surface area contributed by atoms with Crippen molar-refractivity contribution in [3.8, 4) is 5.88 Å². The van der Waals surface area contributed by atoms with E-state index in [-0.39, 0.29) is 12.0 Å². The third-order valence-electron chi connectivity index (χ3n) is 4.37. The molecule has 0 aromatic carbocycles. The number of hydrogen-bond donors (Lipinski definition) is 1. The highest BCUT2D eigenvalue weighted by molar-refractivity contribution is 7.99. The predicted molar refractivity (Wildman–Crippen MR) is 91.7 cm³/mol. The molecule has 1 fully saturated rings. The van der Waals surface area contributed by atoms with E-state index in [1.165, 1.54) is 0 Å². The third-order valence-corrected chi connectivity index (χ3v) is 5.50. The van der Waals surface area contributed by atoms with E-state index in [1.807, 2.05) is 11.8 Å². The fourth-order valence-corrected chi connectivity index (χ4v) is 4.17. The van der Waals surface area contributed by atoms with Gasteiger partial charge in [-0.05, 0) is 50.0 Å². The second-order valence-corrected chi connectivity index (χ2v) is 7.21. The van der Waals surface area contributed by atoms with Gasteiger partial charge in [0.1, 0.15) is 11.7 Å². The van der Waals surface area contributed by atoms with Crippen molar-refractivity contribution in [3.05, 3.63) is 35.2 Å². The molecule has 1 amide bonds. The number of aryl methyl sites for hydroxylation is 1. The number of thioether (sulfide) groups is 1. The molecule has 0 saturated carbocycles. The normalized spacial score (nSPS) is 19.8. The molecule has 0 unspecified atom stereocenters. The molecular formula is C17H19N3O3S. The second kappa shape index (κ2) is 6.84. The highest BCUT2D eigenvalue weighted by atomic mass is 32.2. The zero-order valence-corrected chi connectivity index (χ0v) is 14.1. The van der Waals surface area contributed by atoms with Gasteiger partial charge >= 0.3 is 0 Å². The number of amides is 1. The lowest BCUT2D eigenvalue weighted by atomic mass is 9.98. The van der Waals surface area contributed by atoms with Gasteiger partial charge < -0.3 is 9.26 Å². The quantitative estimate of drug-likeness (QED) is 0.917. The van der Waals surface area contributed by atoms with Crippen molar-refractivity contribution in [2.75, 3.05) is 16.8 Å². The molecule has 2 aromatic rings. The summed E-state index contributed by atoms with van der Waals surface area (Å²) in [5.41, 5.74) is 2.41. The zero-order valence-electron chi connectivity index (χ0n) is 13.3. The van der Waals surface area contributed by atoms with E-state index in [9.17, 15) is 4.79 Å². The molecule has 2 aliphatic rings. The minimum absolute atomic E-state index is 0.120. The first-order chi connectivity index (χ1) is 11.8. The van der Waals surface area contributed by atoms with Gasteiger partial charge in [-0.25, -0.2) is 4.98 Å². The summed E-state index contributed by atoms with van der Waals surface area (Å²) in [4.78, 5) is 16.9. The van der Waals surface area contributed by atoms with Crippen molar-refractivity contribution in [3.63, 3.8) is 0 Å². The minimum atomic E-state index is -0.270. The van der Waals surface area contributed by atoms with Crippen LogP contribution in [0.2, 0.25) is 0 Å². The lowest BCUT2D eigenvalue weighted by Crippen LogP contribution is -2.20. The van der Waals surface area contributed by atoms with Crippen LogP contribution in [0.5, 0.6) is 5.88 Å². The predicted octanol–water partition coefficient (Wildman–Crippen LogP) is 3.09. The van der Waals surface area contributed by atoms with Crippen molar-refractivity contribution in [1.82, 2.24) is 10.1 Å². The molecule has 1 aliphatic carbocycles. The number of anilines is 1. The van der Waals surface area contributed by atoms with Crippen LogP contribution in [0.3, 0.4) is 0 Å². The fraction of sp³-hybridized carbons (Fsp3) is 0.471. The first-order valence-electron chi connectivity index (χ1n) is 8.29. The van der Waals surface area contributed by atoms with Crippen LogP contribution in [0.15, 0.2) is 22.9 Å². The number of aromatic nitrogens is 2. The van der Waals surface area contributed by atoms with E-state index < -0.39 is 0 Å². The summed E-state index contributed by atoms with van der Waals surface area (Å²) in [7, 11) is 0. The molecule has 1 atom stereocenters. The molecule has 0 bridgehead atoms. The number of nitrogens with one attached hydrogen (secondary N) is 1. The van der Waals surface area contributed by atoms with Gasteiger partial charge in [-0.15, -0.1) is 0 Å². The summed E-state index contributed by atoms with van der Waals surface area (Å²) in [5.74, 6) is 2.60. The largest absolute Gasteiger partial charge is 0.473 e. The Labute approximate surface area is 144 Å². The molecule has 2 aromatic heterocycles. The van der Waals surface area contributed by atoms with Crippen molar-refractivity contribution in [1.29, 1.82) is 0 Å². The highest BCUT2D eigenvalue weighted by Gasteiger charge is 2.24. The third kappa shape index (κ3) is 3.13. The summed E-state index contributed by atoms with van der Waals surface area (Å²) in [6.45, 7) is 0. The molecule has 6 nitrogen and oxygen atoms in total. The van der Waals surface area contributed by atoms with Gasteiger partial charge in [0, 0.05) is 17.5 Å². The van der Waals surface area contributed by atoms with Gasteiger partial charge in [-0.1, -0.05) is 5.16 Å². The first-order valence-corrected chi connectivity index (χ1v) is 9.45. The zero-order chi connectivity index (χ0) is 16.4. The average molecular weight is 345 g/mol. The van der Waals surface area contributed by atoms with Gasteiger partial charge in [0.05, 0.1) is 5.69 Å². The number of fused-ring (bicyclic) bond motifs is 1. The number of carbonyl (C=O) groups excluding carboxylic acids is 1. The summed E-state index contributed by atoms with van der Waals surface area (Å²) in [5, 5.41) is 6.91. The Morgan fingerprint density at radius 3 is 3.17 bits per heavy atom. The smallest absolute Gasteiger partial charge is 0.263 e. The van der Waals surface area contributed by atoms with Gasteiger partial charge in [0.15, 0.2) is 0 Å². The Kier molecular flexibility index (Phi) is 4.42. The maximum absolute atomic E-state index is 12.7. The van der Waals surface area contributed by atoms with Crippen molar-refractivity contribution >= 4 is 23.6 Å². The molecule has 3 heterocycles. The van der Waals surface area contributed by atoms with Crippen LogP contribution in [0.1, 0.15) is 40.9 Å². The summed E-state index contributed by atoms with van der Waals surface area (Å²) >= 11 is 1.86. The lowest BCUT2D eigenvalue weighted by molar-refractivity contribution is 0.101. The molecule has 0 radical (unpaired) electrons. The summed E-state index contributed by atoms with van der Waals surface area (Å²) < 4.78 is 11.3. The molecule has 0 spiro atoms. The molecule has 1 N–H and O–H groups in total. The van der Waals surface area contributed by atoms with E-state index in [2.05, 4.69) is 15.5 Å². The number of rotatable bonds is 4. The van der Waals surface area contributed by atoms with Crippen molar-refractivity contribution in [2.24, 2.45) is 0 Å². The lowest BCUT2D eigenvalue weighted by Gasteiger charge is -2.14. The van der Waals surface area contributed by atoms with Crippen molar-refractivity contribution in [2.45, 2.75) is 38.2 Å². The van der Waals surface area contributed by atoms with Gasteiger partial charge in [0.2, 0.25) is 11.8 Å². The van der Waals surface area contributed by atoms with E-state index in [0.29, 0.717) is 17.3 Å². The number of hydrogen-bond acceptors (Lipinski definition) is 6. The minimum Gasteiger partial charge on any atom is -0.473 e. The molecule has 1 aliphatic heterocycles. The van der Waals surface area contributed by atoms with Crippen molar-refractivity contribution < 1.29 is 14.1 Å². The second-order valence-electron chi connectivity index (χ2n) is 6.06. The molecule has 126 valence electrons. The number of nitrogens with zero attached hydrogens (tertiary/aromatic N) is 2. The van der Waals surface area contributed by atoms with E-state index in [0.717, 1.165) is 54.9 Å². The Morgan fingerprint density at radius 2 is 2.29 bits per heavy atom. The van der Waals surface area contributed by atoms with E-state index >= 15 is 0 Å². The van der Waals surface area contributed by atoms with Crippen LogP contribution < -0.4 is 10.1 Å². The van der Waals surface area contributed by atoms with Crippen LogP contribution in [-0.4, -0.2) is 33.7 Å². The summed E-state index contributed by atoms with van der Waals surface area (Å²) in [6, 6.07) is 3.46. The van der Waals surface area contributed by atoms with Crippen LogP contribution in [0, 0.1) is 0 Å². The molecule has 7 heteroatoms. The topological polar surface area (TPSA) is 77.3 Å². The summed E-state index contributed by atoms with van der Waals surface area (Å²) in [6.07, 6.45) is 6.77. The van der Waals surface area contributed by atoms with Crippen LogP contribution in [0.25, 0.3) is 0 Å². The maximum atomic E-state index is 12.7. The molecule has 24 heavy (non-hydrogen) atoms. The molecule has 1 saturated heterocycles. The fourth-order valence-electron chi connectivity index (χ4n) is 3.08. The SMILES string of the molecule is O=C(Nc1onc2c1CCCC2)c1cccnc1O[C@H]1CCSC1. The van der Waals surface area contributed by atoms with Crippen LogP contribution in [-0.2, 0) is 12.8 Å². The monoisotopic (exact) mass is 345 g/mol. The van der Waals surface area contributed by atoms with Gasteiger partial charge in [-0.2, -0.15) is 11.8 Å². The number of ether oxygens (including phenoxy) is 1.